The number of para-hydroxylation sites is 1. The summed E-state index contributed by atoms with van der Waals surface area (Å²) >= 11 is 0. The van der Waals surface area contributed by atoms with Crippen molar-refractivity contribution in [1.82, 2.24) is 4.90 Å². The van der Waals surface area contributed by atoms with E-state index in [0.29, 0.717) is 23.3 Å². The Balaban J connectivity index is 1.49. The minimum Gasteiger partial charge on any atom is -0.460 e. The molecular formula is C25H27NO6. The van der Waals surface area contributed by atoms with Crippen LogP contribution >= 0.6 is 0 Å². The molecule has 0 aromatic heterocycles. The lowest BCUT2D eigenvalue weighted by molar-refractivity contribution is -0.160. The Kier molecular flexibility index (Phi) is 6.55. The Bertz CT molecular complexity index is 991. The van der Waals surface area contributed by atoms with Gasteiger partial charge in [0.05, 0.1) is 5.56 Å². The van der Waals surface area contributed by atoms with Crippen LogP contribution in [-0.2, 0) is 25.7 Å². The summed E-state index contributed by atoms with van der Waals surface area (Å²) in [6, 6.07) is 16.0. The molecule has 2 aromatic carbocycles. The molecule has 4 atom stereocenters. The lowest BCUT2D eigenvalue weighted by Gasteiger charge is -2.40. The zero-order valence-corrected chi connectivity index (χ0v) is 18.2. The van der Waals surface area contributed by atoms with Gasteiger partial charge in [-0.3, -0.25) is 14.5 Å². The highest BCUT2D eigenvalue weighted by Gasteiger charge is 2.51. The standard InChI is InChI=1S/C25H27NO6/c1-16(27)31-21-11-7-6-10-18(21)15-30-25(29)23-20-13-12-19(26(20)2)14-22(23)32-24(28)17-8-4-3-5-9-17/h3-11,19-20,22-23H,12-15H2,1-2H3. The molecule has 2 saturated heterocycles. The summed E-state index contributed by atoms with van der Waals surface area (Å²) in [5.41, 5.74) is 1.06. The Labute approximate surface area is 187 Å². The molecule has 4 unspecified atom stereocenters. The first kappa shape index (κ1) is 22.0. The van der Waals surface area contributed by atoms with Gasteiger partial charge in [0.2, 0.25) is 0 Å². The molecule has 32 heavy (non-hydrogen) atoms. The first-order valence-electron chi connectivity index (χ1n) is 10.8. The van der Waals surface area contributed by atoms with E-state index in [1.165, 1.54) is 6.92 Å². The van der Waals surface area contributed by atoms with Gasteiger partial charge in [-0.05, 0) is 38.1 Å². The predicted molar refractivity (Wildman–Crippen MR) is 116 cm³/mol. The number of carbonyl (C=O) groups is 3. The van der Waals surface area contributed by atoms with Crippen LogP contribution in [0.15, 0.2) is 54.6 Å². The average Bonchev–Trinajstić information content (AvgIpc) is 3.02. The second-order valence-corrected chi connectivity index (χ2v) is 8.34. The van der Waals surface area contributed by atoms with Crippen molar-refractivity contribution < 1.29 is 28.6 Å². The number of benzene rings is 2. The predicted octanol–water partition coefficient (Wildman–Crippen LogP) is 3.36. The molecule has 2 aliphatic rings. The molecule has 2 aromatic rings. The zero-order chi connectivity index (χ0) is 22.7. The number of hydrogen-bond acceptors (Lipinski definition) is 7. The second kappa shape index (κ2) is 9.53. The number of rotatable bonds is 6. The van der Waals surface area contributed by atoms with Gasteiger partial charge in [-0.1, -0.05) is 36.4 Å². The lowest BCUT2D eigenvalue weighted by Crippen LogP contribution is -2.53. The smallest absolute Gasteiger partial charge is 0.338 e. The van der Waals surface area contributed by atoms with Gasteiger partial charge >= 0.3 is 17.9 Å². The van der Waals surface area contributed by atoms with E-state index in [0.717, 1.165) is 12.8 Å². The van der Waals surface area contributed by atoms with Crippen molar-refractivity contribution in [3.63, 3.8) is 0 Å². The second-order valence-electron chi connectivity index (χ2n) is 8.34. The van der Waals surface area contributed by atoms with Gasteiger partial charge in [0.15, 0.2) is 0 Å². The van der Waals surface area contributed by atoms with Gasteiger partial charge in [-0.25, -0.2) is 4.79 Å². The van der Waals surface area contributed by atoms with Crippen LogP contribution in [0.4, 0.5) is 0 Å². The molecule has 0 amide bonds. The van der Waals surface area contributed by atoms with E-state index in [1.807, 2.05) is 13.1 Å². The van der Waals surface area contributed by atoms with E-state index in [1.54, 1.807) is 48.5 Å². The molecular weight excluding hydrogens is 410 g/mol. The number of carbonyl (C=O) groups excluding carboxylic acids is 3. The summed E-state index contributed by atoms with van der Waals surface area (Å²) < 4.78 is 16.7. The highest BCUT2D eigenvalue weighted by atomic mass is 16.6. The molecule has 4 rings (SSSR count). The first-order valence-corrected chi connectivity index (χ1v) is 10.8. The minimum absolute atomic E-state index is 0.0298. The topological polar surface area (TPSA) is 82.1 Å². The van der Waals surface area contributed by atoms with Gasteiger partial charge in [0.25, 0.3) is 0 Å². The third kappa shape index (κ3) is 4.67. The molecule has 0 saturated carbocycles. The highest BCUT2D eigenvalue weighted by molar-refractivity contribution is 5.89. The van der Waals surface area contributed by atoms with Gasteiger partial charge in [-0.2, -0.15) is 0 Å². The summed E-state index contributed by atoms with van der Waals surface area (Å²) in [5, 5.41) is 0. The van der Waals surface area contributed by atoms with Gasteiger partial charge in [0.1, 0.15) is 24.4 Å². The van der Waals surface area contributed by atoms with Crippen molar-refractivity contribution in [2.45, 2.75) is 51.0 Å². The van der Waals surface area contributed by atoms with Crippen LogP contribution in [0, 0.1) is 5.92 Å². The van der Waals surface area contributed by atoms with Crippen molar-refractivity contribution in [1.29, 1.82) is 0 Å². The zero-order valence-electron chi connectivity index (χ0n) is 18.2. The highest BCUT2D eigenvalue weighted by Crippen LogP contribution is 2.40. The van der Waals surface area contributed by atoms with Crippen LogP contribution < -0.4 is 4.74 Å². The van der Waals surface area contributed by atoms with Crippen LogP contribution in [0.1, 0.15) is 42.1 Å². The molecule has 0 aliphatic carbocycles. The Hall–Kier alpha value is -3.19. The van der Waals surface area contributed by atoms with E-state index in [4.69, 9.17) is 14.2 Å². The van der Waals surface area contributed by atoms with Gasteiger partial charge in [0, 0.05) is 31.0 Å². The van der Waals surface area contributed by atoms with Crippen molar-refractivity contribution in [3.8, 4) is 5.75 Å². The van der Waals surface area contributed by atoms with Crippen molar-refractivity contribution in [3.05, 3.63) is 65.7 Å². The average molecular weight is 437 g/mol. The molecule has 2 heterocycles. The summed E-state index contributed by atoms with van der Waals surface area (Å²) in [7, 11) is 2.01. The maximum atomic E-state index is 13.2. The van der Waals surface area contributed by atoms with Crippen LogP contribution in [0.25, 0.3) is 0 Å². The minimum atomic E-state index is -0.577. The molecule has 168 valence electrons. The fraction of sp³-hybridized carbons (Fsp3) is 0.400. The monoisotopic (exact) mass is 437 g/mol. The Morgan fingerprint density at radius 2 is 1.72 bits per heavy atom. The SMILES string of the molecule is CC(=O)Oc1ccccc1COC(=O)C1C(OC(=O)c2ccccc2)CC2CCC1N2C. The molecule has 7 heteroatoms. The fourth-order valence-electron chi connectivity index (χ4n) is 4.75. The van der Waals surface area contributed by atoms with Crippen molar-refractivity contribution in [2.24, 2.45) is 5.92 Å². The fourth-order valence-corrected chi connectivity index (χ4v) is 4.75. The normalized spacial score (nSPS) is 24.6. The lowest BCUT2D eigenvalue weighted by atomic mass is 9.87. The molecule has 2 fully saturated rings. The Morgan fingerprint density at radius 1 is 1.00 bits per heavy atom. The van der Waals surface area contributed by atoms with E-state index < -0.39 is 29.9 Å². The summed E-state index contributed by atoms with van der Waals surface area (Å²) in [5.74, 6) is -1.50. The van der Waals surface area contributed by atoms with Gasteiger partial charge < -0.3 is 14.2 Å². The summed E-state index contributed by atoms with van der Waals surface area (Å²) in [6.07, 6.45) is 1.85. The third-order valence-electron chi connectivity index (χ3n) is 6.35. The number of ether oxygens (including phenoxy) is 3. The number of nitrogens with zero attached hydrogens (tertiary/aromatic N) is 1. The maximum absolute atomic E-state index is 13.2. The molecule has 0 spiro atoms. The number of esters is 3. The quantitative estimate of drug-likeness (QED) is 0.506. The van der Waals surface area contributed by atoms with Crippen LogP contribution in [-0.4, -0.2) is 48.0 Å². The Morgan fingerprint density at radius 3 is 2.47 bits per heavy atom. The van der Waals surface area contributed by atoms with E-state index >= 15 is 0 Å². The molecule has 0 N–H and O–H groups in total. The van der Waals surface area contributed by atoms with E-state index in [-0.39, 0.29) is 18.7 Å². The van der Waals surface area contributed by atoms with Crippen molar-refractivity contribution in [2.75, 3.05) is 7.05 Å². The van der Waals surface area contributed by atoms with Crippen LogP contribution in [0.5, 0.6) is 5.75 Å². The number of piperidine rings is 1. The van der Waals surface area contributed by atoms with Gasteiger partial charge in [-0.15, -0.1) is 0 Å². The third-order valence-corrected chi connectivity index (χ3v) is 6.35. The molecule has 0 radical (unpaired) electrons. The molecule has 2 bridgehead atoms. The number of fused-ring (bicyclic) bond motifs is 2. The summed E-state index contributed by atoms with van der Waals surface area (Å²) in [4.78, 5) is 39.5. The largest absolute Gasteiger partial charge is 0.460 e. The van der Waals surface area contributed by atoms with E-state index in [2.05, 4.69) is 4.90 Å². The summed E-state index contributed by atoms with van der Waals surface area (Å²) in [6.45, 7) is 1.29. The van der Waals surface area contributed by atoms with Crippen LogP contribution in [0.2, 0.25) is 0 Å². The molecule has 7 nitrogen and oxygen atoms in total. The number of hydrogen-bond donors (Lipinski definition) is 0. The van der Waals surface area contributed by atoms with E-state index in [9.17, 15) is 14.4 Å². The van der Waals surface area contributed by atoms with Crippen LogP contribution in [0.3, 0.4) is 0 Å². The molecule has 2 aliphatic heterocycles. The van der Waals surface area contributed by atoms with Crippen molar-refractivity contribution >= 4 is 17.9 Å². The first-order chi connectivity index (χ1) is 15.4. The maximum Gasteiger partial charge on any atom is 0.338 e.